The molecule has 0 saturated carbocycles. The fraction of sp³-hybridized carbons (Fsp3) is 0.727. The maximum absolute atomic E-state index is 5.66. The normalized spacial score (nSPS) is 13.2. The zero-order valence-electron chi connectivity index (χ0n) is 10.00. The molecule has 0 amide bonds. The van der Waals surface area contributed by atoms with Crippen LogP contribution in [0.1, 0.15) is 40.4 Å². The Hall–Kier alpha value is -0.0900. The van der Waals surface area contributed by atoms with Crippen LogP contribution in [-0.4, -0.2) is 15.5 Å². The van der Waals surface area contributed by atoms with Gasteiger partial charge >= 0.3 is 0 Å². The molecule has 0 aliphatic heterocycles. The van der Waals surface area contributed by atoms with Crippen LogP contribution in [0, 0.1) is 0 Å². The Morgan fingerprint density at radius 2 is 1.93 bits per heavy atom. The Kier molecular flexibility index (Phi) is 3.82. The molecular weight excluding hydrogens is 226 g/mol. The molecule has 0 fully saturated rings. The van der Waals surface area contributed by atoms with Crippen LogP contribution in [0.25, 0.3) is 0 Å². The number of nitrogens with zero attached hydrogens (tertiary/aromatic N) is 1. The van der Waals surface area contributed by atoms with Crippen LogP contribution < -0.4 is 0 Å². The number of oxazole rings is 1. The van der Waals surface area contributed by atoms with Gasteiger partial charge in [-0.05, 0) is 0 Å². The topological polar surface area (TPSA) is 26.0 Å². The first-order chi connectivity index (χ1) is 6.68. The predicted octanol–water partition coefficient (Wildman–Crippen LogP) is 3.77. The Morgan fingerprint density at radius 3 is 2.33 bits per heavy atom. The molecule has 0 saturated heterocycles. The van der Waals surface area contributed by atoms with Gasteiger partial charge < -0.3 is 4.42 Å². The highest BCUT2D eigenvalue weighted by molar-refractivity contribution is 8.00. The van der Waals surface area contributed by atoms with Crippen LogP contribution in [0.3, 0.4) is 0 Å². The van der Waals surface area contributed by atoms with Gasteiger partial charge in [0.15, 0.2) is 0 Å². The molecule has 0 atom stereocenters. The van der Waals surface area contributed by atoms with Crippen molar-refractivity contribution in [2.24, 2.45) is 0 Å². The second-order valence-electron chi connectivity index (χ2n) is 5.34. The van der Waals surface area contributed by atoms with Gasteiger partial charge in [0.2, 0.25) is 0 Å². The van der Waals surface area contributed by atoms with Gasteiger partial charge in [0.1, 0.15) is 5.76 Å². The molecule has 0 spiro atoms. The molecule has 0 aliphatic carbocycles. The van der Waals surface area contributed by atoms with E-state index in [4.69, 9.17) is 4.42 Å². The Morgan fingerprint density at radius 1 is 1.33 bits per heavy atom. The van der Waals surface area contributed by atoms with Crippen LogP contribution in [-0.2, 0) is 5.41 Å². The second kappa shape index (κ2) is 4.42. The van der Waals surface area contributed by atoms with E-state index in [-0.39, 0.29) is 10.2 Å². The standard InChI is InChI=1S/C11H19NOS2/c1-10(2,3)8-6-12-9(13-8)15-7-11(4,5)14/h6,14H,7H2,1-5H3. The minimum atomic E-state index is 0.00102. The van der Waals surface area contributed by atoms with Crippen LogP contribution >= 0.6 is 24.4 Å². The summed E-state index contributed by atoms with van der Waals surface area (Å²) < 4.78 is 5.66. The minimum Gasteiger partial charge on any atom is -0.436 e. The average molecular weight is 245 g/mol. The van der Waals surface area contributed by atoms with Crippen LogP contribution in [0.2, 0.25) is 0 Å². The third kappa shape index (κ3) is 4.51. The van der Waals surface area contributed by atoms with Gasteiger partial charge in [0, 0.05) is 15.9 Å². The minimum absolute atomic E-state index is 0.00102. The monoisotopic (exact) mass is 245 g/mol. The number of hydrogen-bond donors (Lipinski definition) is 1. The number of hydrogen-bond acceptors (Lipinski definition) is 4. The lowest BCUT2D eigenvalue weighted by atomic mass is 9.94. The third-order valence-electron chi connectivity index (χ3n) is 1.77. The van der Waals surface area contributed by atoms with Gasteiger partial charge in [-0.2, -0.15) is 12.6 Å². The van der Waals surface area contributed by atoms with E-state index in [0.29, 0.717) is 0 Å². The number of thioether (sulfide) groups is 1. The highest BCUT2D eigenvalue weighted by Crippen LogP contribution is 2.29. The lowest BCUT2D eigenvalue weighted by Crippen LogP contribution is -2.13. The fourth-order valence-electron chi connectivity index (χ4n) is 0.910. The summed E-state index contributed by atoms with van der Waals surface area (Å²) in [4.78, 5) is 4.25. The lowest BCUT2D eigenvalue weighted by Gasteiger charge is -2.15. The van der Waals surface area contributed by atoms with Crippen molar-refractivity contribution in [1.82, 2.24) is 4.98 Å². The first-order valence-corrected chi connectivity index (χ1v) is 6.43. The smallest absolute Gasteiger partial charge is 0.255 e. The van der Waals surface area contributed by atoms with Gasteiger partial charge in [-0.1, -0.05) is 46.4 Å². The molecule has 1 aromatic heterocycles. The molecule has 0 bridgehead atoms. The number of thiol groups is 1. The molecular formula is C11H19NOS2. The van der Waals surface area contributed by atoms with Crippen molar-refractivity contribution in [3.05, 3.63) is 12.0 Å². The lowest BCUT2D eigenvalue weighted by molar-refractivity contribution is 0.355. The highest BCUT2D eigenvalue weighted by Gasteiger charge is 2.20. The largest absolute Gasteiger partial charge is 0.436 e. The van der Waals surface area contributed by atoms with Gasteiger partial charge in [0.05, 0.1) is 6.20 Å². The maximum atomic E-state index is 5.66. The average Bonchev–Trinajstić information content (AvgIpc) is 2.45. The molecule has 0 aromatic carbocycles. The molecule has 0 radical (unpaired) electrons. The first-order valence-electron chi connectivity index (χ1n) is 5.00. The van der Waals surface area contributed by atoms with E-state index in [1.807, 2.05) is 6.20 Å². The summed E-state index contributed by atoms with van der Waals surface area (Å²) in [6, 6.07) is 0. The van der Waals surface area contributed by atoms with E-state index < -0.39 is 0 Å². The molecule has 1 rings (SSSR count). The summed E-state index contributed by atoms with van der Waals surface area (Å²) in [7, 11) is 0. The Labute approximate surface area is 102 Å². The predicted molar refractivity (Wildman–Crippen MR) is 69.0 cm³/mol. The second-order valence-corrected chi connectivity index (χ2v) is 7.48. The van der Waals surface area contributed by atoms with Crippen molar-refractivity contribution in [2.75, 3.05) is 5.75 Å². The molecule has 4 heteroatoms. The molecule has 0 N–H and O–H groups in total. The van der Waals surface area contributed by atoms with E-state index in [2.05, 4.69) is 52.2 Å². The van der Waals surface area contributed by atoms with Crippen molar-refractivity contribution < 1.29 is 4.42 Å². The summed E-state index contributed by atoms with van der Waals surface area (Å²) in [5, 5.41) is 0.738. The van der Waals surface area contributed by atoms with Gasteiger partial charge in [0.25, 0.3) is 5.22 Å². The van der Waals surface area contributed by atoms with Crippen molar-refractivity contribution in [1.29, 1.82) is 0 Å². The van der Waals surface area contributed by atoms with Crippen LogP contribution in [0.4, 0.5) is 0 Å². The first kappa shape index (κ1) is 13.0. The molecule has 0 unspecified atom stereocenters. The van der Waals surface area contributed by atoms with E-state index in [0.717, 1.165) is 16.7 Å². The fourth-order valence-corrected chi connectivity index (χ4v) is 1.86. The Bertz CT molecular complexity index is 320. The van der Waals surface area contributed by atoms with Gasteiger partial charge in [-0.15, -0.1) is 0 Å². The molecule has 2 nitrogen and oxygen atoms in total. The van der Waals surface area contributed by atoms with Gasteiger partial charge in [-0.3, -0.25) is 0 Å². The third-order valence-corrected chi connectivity index (χ3v) is 3.45. The molecule has 86 valence electrons. The van der Waals surface area contributed by atoms with E-state index in [1.54, 1.807) is 11.8 Å². The maximum Gasteiger partial charge on any atom is 0.255 e. The summed E-state index contributed by atoms with van der Waals surface area (Å²) in [5.41, 5.74) is 0.0301. The number of aromatic nitrogens is 1. The van der Waals surface area contributed by atoms with E-state index in [1.165, 1.54) is 0 Å². The van der Waals surface area contributed by atoms with E-state index >= 15 is 0 Å². The van der Waals surface area contributed by atoms with Crippen LogP contribution in [0.15, 0.2) is 15.8 Å². The summed E-state index contributed by atoms with van der Waals surface area (Å²) in [6.07, 6.45) is 1.81. The van der Waals surface area contributed by atoms with E-state index in [9.17, 15) is 0 Å². The van der Waals surface area contributed by atoms with Gasteiger partial charge in [-0.25, -0.2) is 4.98 Å². The van der Waals surface area contributed by atoms with Crippen molar-refractivity contribution in [3.63, 3.8) is 0 Å². The summed E-state index contributed by atoms with van der Waals surface area (Å²) in [5.74, 6) is 1.82. The zero-order chi connectivity index (χ0) is 11.7. The summed E-state index contributed by atoms with van der Waals surface area (Å²) >= 11 is 6.07. The highest BCUT2D eigenvalue weighted by atomic mass is 32.2. The molecule has 1 aromatic rings. The SMILES string of the molecule is CC(C)(S)CSc1ncc(C(C)(C)C)o1. The molecule has 0 aliphatic rings. The quantitative estimate of drug-likeness (QED) is 0.648. The summed E-state index contributed by atoms with van der Waals surface area (Å²) in [6.45, 7) is 10.5. The van der Waals surface area contributed by atoms with Crippen molar-refractivity contribution in [2.45, 2.75) is 50.0 Å². The van der Waals surface area contributed by atoms with Crippen LogP contribution in [0.5, 0.6) is 0 Å². The Balaban J connectivity index is 2.62. The molecule has 1 heterocycles. The molecule has 15 heavy (non-hydrogen) atoms. The van der Waals surface area contributed by atoms with Crippen molar-refractivity contribution >= 4 is 24.4 Å². The number of rotatable bonds is 3. The van der Waals surface area contributed by atoms with Crippen molar-refractivity contribution in [3.8, 4) is 0 Å². The zero-order valence-corrected chi connectivity index (χ0v) is 11.7.